The number of aromatic nitrogens is 1. The molecule has 0 N–H and O–H groups in total. The predicted molar refractivity (Wildman–Crippen MR) is 76.0 cm³/mol. The lowest BCUT2D eigenvalue weighted by Crippen LogP contribution is -2.47. The Morgan fingerprint density at radius 3 is 2.42 bits per heavy atom. The van der Waals surface area contributed by atoms with Crippen molar-refractivity contribution >= 4 is 33.2 Å². The lowest BCUT2D eigenvalue weighted by molar-refractivity contribution is 0.182. The fourth-order valence-corrected chi connectivity index (χ4v) is 3.26. The number of pyridine rings is 1. The molecule has 0 unspecified atom stereocenters. The summed E-state index contributed by atoms with van der Waals surface area (Å²) in [5.41, 5.74) is 0.902. The fourth-order valence-electron chi connectivity index (χ4n) is 2.01. The van der Waals surface area contributed by atoms with Gasteiger partial charge in [0.1, 0.15) is 5.15 Å². The Balaban J connectivity index is 1.96. The van der Waals surface area contributed by atoms with E-state index < -0.39 is 10.0 Å². The molecule has 0 saturated carbocycles. The molecule has 106 valence electrons. The quantitative estimate of drug-likeness (QED) is 0.790. The van der Waals surface area contributed by atoms with E-state index in [1.807, 2.05) is 0 Å². The van der Waals surface area contributed by atoms with E-state index in [-0.39, 0.29) is 0 Å². The van der Waals surface area contributed by atoms with Crippen LogP contribution in [0.1, 0.15) is 5.56 Å². The highest BCUT2D eigenvalue weighted by molar-refractivity contribution is 7.88. The van der Waals surface area contributed by atoms with Crippen molar-refractivity contribution in [2.75, 3.05) is 32.4 Å². The topological polar surface area (TPSA) is 53.5 Å². The molecule has 2 heterocycles. The van der Waals surface area contributed by atoms with Crippen LogP contribution in [-0.2, 0) is 16.6 Å². The summed E-state index contributed by atoms with van der Waals surface area (Å²) in [4.78, 5) is 6.16. The third-order valence-electron chi connectivity index (χ3n) is 3.09. The zero-order valence-electron chi connectivity index (χ0n) is 10.5. The standard InChI is InChI=1S/C11H15Cl2N3O2S/c1-19(17,18)16-4-2-15(3-5-16)8-9-7-14-11(13)6-10(9)12/h6-7H,2-5,8H2,1H3. The monoisotopic (exact) mass is 323 g/mol. The zero-order valence-corrected chi connectivity index (χ0v) is 12.8. The summed E-state index contributed by atoms with van der Waals surface area (Å²) in [7, 11) is -3.09. The molecule has 19 heavy (non-hydrogen) atoms. The zero-order chi connectivity index (χ0) is 14.0. The van der Waals surface area contributed by atoms with Crippen LogP contribution in [-0.4, -0.2) is 55.0 Å². The van der Waals surface area contributed by atoms with Crippen molar-refractivity contribution in [2.45, 2.75) is 6.54 Å². The van der Waals surface area contributed by atoms with Gasteiger partial charge in [0.2, 0.25) is 10.0 Å². The minimum absolute atomic E-state index is 0.371. The van der Waals surface area contributed by atoms with Crippen LogP contribution in [0.15, 0.2) is 12.3 Å². The Labute approximate surface area is 123 Å². The van der Waals surface area contributed by atoms with E-state index in [9.17, 15) is 8.42 Å². The van der Waals surface area contributed by atoms with Gasteiger partial charge in [-0.1, -0.05) is 23.2 Å². The Bertz CT molecular complexity index is 557. The van der Waals surface area contributed by atoms with Crippen LogP contribution in [0.5, 0.6) is 0 Å². The number of halogens is 2. The summed E-state index contributed by atoms with van der Waals surface area (Å²) in [5, 5.41) is 0.959. The number of piperazine rings is 1. The van der Waals surface area contributed by atoms with E-state index in [0.29, 0.717) is 42.9 Å². The summed E-state index contributed by atoms with van der Waals surface area (Å²) in [6.45, 7) is 3.05. The molecule has 5 nitrogen and oxygen atoms in total. The predicted octanol–water partition coefficient (Wildman–Crippen LogP) is 1.47. The molecule has 1 aromatic rings. The second kappa shape index (κ2) is 5.93. The maximum atomic E-state index is 11.4. The molecule has 1 aliphatic heterocycles. The number of rotatable bonds is 3. The summed E-state index contributed by atoms with van der Waals surface area (Å²) >= 11 is 11.8. The molecule has 1 fully saturated rings. The van der Waals surface area contributed by atoms with Gasteiger partial charge >= 0.3 is 0 Å². The number of sulfonamides is 1. The third-order valence-corrected chi connectivity index (χ3v) is 4.95. The lowest BCUT2D eigenvalue weighted by atomic mass is 10.2. The molecule has 0 spiro atoms. The van der Waals surface area contributed by atoms with E-state index in [1.165, 1.54) is 10.6 Å². The van der Waals surface area contributed by atoms with Gasteiger partial charge in [0.25, 0.3) is 0 Å². The molecular formula is C11H15Cl2N3O2S. The summed E-state index contributed by atoms with van der Waals surface area (Å²) < 4.78 is 24.3. The van der Waals surface area contributed by atoms with E-state index in [2.05, 4.69) is 9.88 Å². The minimum atomic E-state index is -3.09. The average Bonchev–Trinajstić information content (AvgIpc) is 2.32. The number of hydrogen-bond acceptors (Lipinski definition) is 4. The number of hydrogen-bond donors (Lipinski definition) is 0. The highest BCUT2D eigenvalue weighted by Crippen LogP contribution is 2.20. The van der Waals surface area contributed by atoms with Gasteiger partial charge in [-0.2, -0.15) is 4.31 Å². The molecule has 0 atom stereocenters. The normalized spacial score (nSPS) is 18.7. The SMILES string of the molecule is CS(=O)(=O)N1CCN(Cc2cnc(Cl)cc2Cl)CC1. The third kappa shape index (κ3) is 4.03. The second-order valence-corrected chi connectivity index (χ2v) is 7.31. The summed E-state index contributed by atoms with van der Waals surface area (Å²) in [6.07, 6.45) is 2.90. The first-order valence-electron chi connectivity index (χ1n) is 5.83. The van der Waals surface area contributed by atoms with Crippen molar-refractivity contribution in [1.29, 1.82) is 0 Å². The Morgan fingerprint density at radius 1 is 1.26 bits per heavy atom. The maximum Gasteiger partial charge on any atom is 0.211 e. The van der Waals surface area contributed by atoms with Gasteiger partial charge < -0.3 is 0 Å². The largest absolute Gasteiger partial charge is 0.296 e. The van der Waals surface area contributed by atoms with Gasteiger partial charge in [-0.3, -0.25) is 4.90 Å². The molecule has 0 radical (unpaired) electrons. The first-order valence-corrected chi connectivity index (χ1v) is 8.44. The van der Waals surface area contributed by atoms with Crippen molar-refractivity contribution in [3.63, 3.8) is 0 Å². The molecule has 0 amide bonds. The van der Waals surface area contributed by atoms with Crippen molar-refractivity contribution in [3.8, 4) is 0 Å². The molecule has 1 aliphatic rings. The maximum absolute atomic E-state index is 11.4. The van der Waals surface area contributed by atoms with E-state index in [0.717, 1.165) is 5.56 Å². The highest BCUT2D eigenvalue weighted by atomic mass is 35.5. The van der Waals surface area contributed by atoms with Crippen LogP contribution >= 0.6 is 23.2 Å². The van der Waals surface area contributed by atoms with Gasteiger partial charge in [0, 0.05) is 49.5 Å². The molecule has 0 aromatic carbocycles. The van der Waals surface area contributed by atoms with E-state index in [4.69, 9.17) is 23.2 Å². The van der Waals surface area contributed by atoms with Gasteiger partial charge in [-0.05, 0) is 6.07 Å². The van der Waals surface area contributed by atoms with Crippen LogP contribution in [0.4, 0.5) is 0 Å². The van der Waals surface area contributed by atoms with Crippen LogP contribution < -0.4 is 0 Å². The highest BCUT2D eigenvalue weighted by Gasteiger charge is 2.23. The molecule has 2 rings (SSSR count). The molecule has 1 aromatic heterocycles. The van der Waals surface area contributed by atoms with Crippen molar-refractivity contribution in [2.24, 2.45) is 0 Å². The van der Waals surface area contributed by atoms with Crippen molar-refractivity contribution < 1.29 is 8.42 Å². The van der Waals surface area contributed by atoms with Crippen LogP contribution in [0.2, 0.25) is 10.2 Å². The van der Waals surface area contributed by atoms with Gasteiger partial charge in [0.05, 0.1) is 6.26 Å². The smallest absolute Gasteiger partial charge is 0.211 e. The number of nitrogens with zero attached hydrogens (tertiary/aromatic N) is 3. The Hall–Kier alpha value is -0.400. The van der Waals surface area contributed by atoms with E-state index >= 15 is 0 Å². The second-order valence-electron chi connectivity index (χ2n) is 4.54. The van der Waals surface area contributed by atoms with E-state index in [1.54, 1.807) is 12.3 Å². The van der Waals surface area contributed by atoms with Crippen molar-refractivity contribution in [3.05, 3.63) is 28.0 Å². The molecule has 1 saturated heterocycles. The molecule has 8 heteroatoms. The first kappa shape index (κ1) is 15.0. The van der Waals surface area contributed by atoms with Gasteiger partial charge in [0.15, 0.2) is 0 Å². The van der Waals surface area contributed by atoms with Gasteiger partial charge in [-0.15, -0.1) is 0 Å². The van der Waals surface area contributed by atoms with Crippen LogP contribution in [0, 0.1) is 0 Å². The average molecular weight is 324 g/mol. The summed E-state index contributed by atoms with van der Waals surface area (Å²) in [5.74, 6) is 0. The summed E-state index contributed by atoms with van der Waals surface area (Å²) in [6, 6.07) is 1.62. The fraction of sp³-hybridized carbons (Fsp3) is 0.545. The lowest BCUT2D eigenvalue weighted by Gasteiger charge is -2.33. The Morgan fingerprint density at radius 2 is 1.89 bits per heavy atom. The molecule has 0 bridgehead atoms. The molecular weight excluding hydrogens is 309 g/mol. The van der Waals surface area contributed by atoms with Crippen LogP contribution in [0.3, 0.4) is 0 Å². The van der Waals surface area contributed by atoms with Crippen molar-refractivity contribution in [1.82, 2.24) is 14.2 Å². The van der Waals surface area contributed by atoms with Gasteiger partial charge in [-0.25, -0.2) is 13.4 Å². The Kier molecular flexibility index (Phi) is 4.68. The molecule has 0 aliphatic carbocycles. The minimum Gasteiger partial charge on any atom is -0.296 e. The first-order chi connectivity index (χ1) is 8.86. The van der Waals surface area contributed by atoms with Crippen LogP contribution in [0.25, 0.3) is 0 Å².